The van der Waals surface area contributed by atoms with E-state index in [2.05, 4.69) is 57.0 Å². The van der Waals surface area contributed by atoms with Gasteiger partial charge in [-0.25, -0.2) is 4.98 Å². The van der Waals surface area contributed by atoms with Gasteiger partial charge < -0.3 is 10.6 Å². The maximum absolute atomic E-state index is 5.89. The van der Waals surface area contributed by atoms with Crippen molar-refractivity contribution in [2.75, 3.05) is 11.9 Å². The van der Waals surface area contributed by atoms with Crippen LogP contribution in [0.2, 0.25) is 0 Å². The van der Waals surface area contributed by atoms with E-state index in [-0.39, 0.29) is 0 Å². The Hall–Kier alpha value is -1.39. The second-order valence-electron chi connectivity index (χ2n) is 5.60. The summed E-state index contributed by atoms with van der Waals surface area (Å²) in [6.45, 7) is 8.03. The van der Waals surface area contributed by atoms with Crippen molar-refractivity contribution in [3.05, 3.63) is 46.0 Å². The Bertz CT molecular complexity index is 591. The first kappa shape index (κ1) is 16.0. The highest BCUT2D eigenvalue weighted by Gasteiger charge is 2.17. The van der Waals surface area contributed by atoms with Gasteiger partial charge >= 0.3 is 0 Å². The molecule has 3 nitrogen and oxygen atoms in total. The highest BCUT2D eigenvalue weighted by molar-refractivity contribution is 7.15. The summed E-state index contributed by atoms with van der Waals surface area (Å²) in [4.78, 5) is 8.28. The molecule has 0 aliphatic carbocycles. The van der Waals surface area contributed by atoms with Crippen LogP contribution in [0.25, 0.3) is 0 Å². The molecule has 0 bridgehead atoms. The Morgan fingerprint density at radius 3 is 2.67 bits per heavy atom. The Morgan fingerprint density at radius 2 is 2.05 bits per heavy atom. The average Bonchev–Trinajstić information content (AvgIpc) is 2.93. The summed E-state index contributed by atoms with van der Waals surface area (Å²) >= 11 is 1.73. The lowest BCUT2D eigenvalue weighted by molar-refractivity contribution is 0.702. The molecule has 2 aromatic rings. The summed E-state index contributed by atoms with van der Waals surface area (Å²) in [7, 11) is 2.10. The molecule has 114 valence electrons. The quantitative estimate of drug-likeness (QED) is 0.875. The number of anilines is 1. The van der Waals surface area contributed by atoms with E-state index in [1.54, 1.807) is 11.3 Å². The summed E-state index contributed by atoms with van der Waals surface area (Å²) in [5.41, 5.74) is 9.73. The molecule has 1 heterocycles. The van der Waals surface area contributed by atoms with E-state index >= 15 is 0 Å². The smallest absolute Gasteiger partial charge is 0.185 e. The normalized spacial score (nSPS) is 12.4. The summed E-state index contributed by atoms with van der Waals surface area (Å²) in [6, 6.07) is 8.50. The molecule has 4 heteroatoms. The molecule has 1 unspecified atom stereocenters. The van der Waals surface area contributed by atoms with Crippen LogP contribution in [0.3, 0.4) is 0 Å². The zero-order valence-corrected chi connectivity index (χ0v) is 14.2. The molecule has 1 aromatic carbocycles. The van der Waals surface area contributed by atoms with Crippen LogP contribution in [0.4, 0.5) is 5.13 Å². The lowest BCUT2D eigenvalue weighted by Crippen LogP contribution is -2.16. The molecular formula is C17H25N3S. The van der Waals surface area contributed by atoms with E-state index in [9.17, 15) is 0 Å². The van der Waals surface area contributed by atoms with Crippen LogP contribution in [0.1, 0.15) is 47.9 Å². The minimum absolute atomic E-state index is 0.473. The van der Waals surface area contributed by atoms with Crippen LogP contribution in [0.15, 0.2) is 24.3 Å². The number of rotatable bonds is 6. The molecule has 0 amide bonds. The molecule has 0 fully saturated rings. The summed E-state index contributed by atoms with van der Waals surface area (Å²) in [5.74, 6) is 0.473. The van der Waals surface area contributed by atoms with Crippen molar-refractivity contribution in [1.82, 2.24) is 4.98 Å². The molecule has 2 rings (SSSR count). The van der Waals surface area contributed by atoms with E-state index in [4.69, 9.17) is 10.7 Å². The van der Waals surface area contributed by atoms with Crippen molar-refractivity contribution in [2.45, 2.75) is 46.2 Å². The molecule has 0 saturated heterocycles. The third-order valence-electron chi connectivity index (χ3n) is 3.98. The molecule has 0 spiro atoms. The predicted octanol–water partition coefficient (Wildman–Crippen LogP) is 4.06. The van der Waals surface area contributed by atoms with Gasteiger partial charge in [0.25, 0.3) is 0 Å². The first-order chi connectivity index (χ1) is 10.1. The Balaban J connectivity index is 2.21. The first-order valence-corrected chi connectivity index (χ1v) is 8.33. The Labute approximate surface area is 131 Å². The van der Waals surface area contributed by atoms with Crippen LogP contribution >= 0.6 is 11.3 Å². The van der Waals surface area contributed by atoms with Crippen LogP contribution in [0, 0.1) is 6.92 Å². The monoisotopic (exact) mass is 303 g/mol. The lowest BCUT2D eigenvalue weighted by Gasteiger charge is -2.17. The van der Waals surface area contributed by atoms with Gasteiger partial charge in [0.05, 0.1) is 5.69 Å². The molecule has 21 heavy (non-hydrogen) atoms. The van der Waals surface area contributed by atoms with Gasteiger partial charge in [0.2, 0.25) is 0 Å². The summed E-state index contributed by atoms with van der Waals surface area (Å²) in [5, 5.41) is 1.06. The highest BCUT2D eigenvalue weighted by Crippen LogP contribution is 2.32. The zero-order chi connectivity index (χ0) is 15.4. The minimum Gasteiger partial charge on any atom is -0.347 e. The number of aromatic nitrogens is 1. The summed E-state index contributed by atoms with van der Waals surface area (Å²) in [6.07, 6.45) is 1.09. The Morgan fingerprint density at radius 1 is 1.33 bits per heavy atom. The van der Waals surface area contributed by atoms with E-state index in [1.165, 1.54) is 21.7 Å². The van der Waals surface area contributed by atoms with Gasteiger partial charge in [0, 0.05) is 25.0 Å². The molecule has 2 N–H and O–H groups in total. The maximum atomic E-state index is 5.89. The number of thiazole rings is 1. The third-order valence-corrected chi connectivity index (χ3v) is 5.18. The molecular weight excluding hydrogens is 278 g/mol. The van der Waals surface area contributed by atoms with E-state index in [1.807, 2.05) is 0 Å². The largest absolute Gasteiger partial charge is 0.347 e. The van der Waals surface area contributed by atoms with Gasteiger partial charge in [0.1, 0.15) is 0 Å². The van der Waals surface area contributed by atoms with Crippen molar-refractivity contribution in [1.29, 1.82) is 0 Å². The topological polar surface area (TPSA) is 42.2 Å². The van der Waals surface area contributed by atoms with Crippen LogP contribution in [0.5, 0.6) is 0 Å². The first-order valence-electron chi connectivity index (χ1n) is 7.52. The fourth-order valence-electron chi connectivity index (χ4n) is 2.35. The SMILES string of the molecule is CCC(C)c1nc(N(C)Cc2ccccc2C)sc1CN. The molecule has 0 aliphatic heterocycles. The fourth-order valence-corrected chi connectivity index (χ4v) is 3.37. The number of nitrogens with two attached hydrogens (primary N) is 1. The zero-order valence-electron chi connectivity index (χ0n) is 13.4. The fraction of sp³-hybridized carbons (Fsp3) is 0.471. The molecule has 0 radical (unpaired) electrons. The second-order valence-corrected chi connectivity index (χ2v) is 6.66. The van der Waals surface area contributed by atoms with Crippen LogP contribution in [-0.2, 0) is 13.1 Å². The minimum atomic E-state index is 0.473. The maximum Gasteiger partial charge on any atom is 0.185 e. The number of hydrogen-bond donors (Lipinski definition) is 1. The molecule has 0 aliphatic rings. The molecule has 1 atom stereocenters. The molecule has 0 saturated carbocycles. The molecule has 1 aromatic heterocycles. The van der Waals surface area contributed by atoms with Crippen molar-refractivity contribution in [2.24, 2.45) is 5.73 Å². The second kappa shape index (κ2) is 7.05. The van der Waals surface area contributed by atoms with Gasteiger partial charge in [-0.2, -0.15) is 0 Å². The van der Waals surface area contributed by atoms with Gasteiger partial charge in [-0.15, -0.1) is 11.3 Å². The van der Waals surface area contributed by atoms with Crippen molar-refractivity contribution < 1.29 is 0 Å². The number of nitrogens with zero attached hydrogens (tertiary/aromatic N) is 2. The van der Waals surface area contributed by atoms with E-state index < -0.39 is 0 Å². The van der Waals surface area contributed by atoms with Gasteiger partial charge in [-0.05, 0) is 30.4 Å². The van der Waals surface area contributed by atoms with Crippen LogP contribution < -0.4 is 10.6 Å². The Kier molecular flexibility index (Phi) is 5.37. The van der Waals surface area contributed by atoms with Crippen molar-refractivity contribution >= 4 is 16.5 Å². The summed E-state index contributed by atoms with van der Waals surface area (Å²) < 4.78 is 0. The van der Waals surface area contributed by atoms with Gasteiger partial charge in [0.15, 0.2) is 5.13 Å². The van der Waals surface area contributed by atoms with Crippen molar-refractivity contribution in [3.8, 4) is 0 Å². The van der Waals surface area contributed by atoms with E-state index in [0.29, 0.717) is 12.5 Å². The average molecular weight is 303 g/mol. The number of hydrogen-bond acceptors (Lipinski definition) is 4. The lowest BCUT2D eigenvalue weighted by atomic mass is 10.0. The number of aryl methyl sites for hydroxylation is 1. The van der Waals surface area contributed by atoms with E-state index in [0.717, 1.165) is 18.1 Å². The third kappa shape index (κ3) is 3.63. The standard InChI is InChI=1S/C17H25N3S/c1-5-12(2)16-15(10-18)21-17(19-16)20(4)11-14-9-7-6-8-13(14)3/h6-9,12H,5,10-11,18H2,1-4H3. The van der Waals surface area contributed by atoms with Crippen LogP contribution in [-0.4, -0.2) is 12.0 Å². The highest BCUT2D eigenvalue weighted by atomic mass is 32.1. The number of benzene rings is 1. The van der Waals surface area contributed by atoms with Crippen molar-refractivity contribution in [3.63, 3.8) is 0 Å². The van der Waals surface area contributed by atoms with Gasteiger partial charge in [-0.1, -0.05) is 38.1 Å². The van der Waals surface area contributed by atoms with Gasteiger partial charge in [-0.3, -0.25) is 0 Å². The predicted molar refractivity (Wildman–Crippen MR) is 92.0 cm³/mol.